The number of urea groups is 1. The number of hydrogen-bond acceptors (Lipinski definition) is 4. The Kier molecular flexibility index (Phi) is 4.12. The van der Waals surface area contributed by atoms with Crippen molar-refractivity contribution in [1.29, 1.82) is 0 Å². The first-order valence-corrected chi connectivity index (χ1v) is 5.44. The number of carbonyl (C=O) groups excluding carboxylic acids is 2. The Morgan fingerprint density at radius 3 is 2.50 bits per heavy atom. The Morgan fingerprint density at radius 2 is 2.06 bits per heavy atom. The van der Waals surface area contributed by atoms with E-state index in [1.54, 1.807) is 6.92 Å². The number of likely N-dealkylation sites (tertiary alicyclic amines) is 1. The summed E-state index contributed by atoms with van der Waals surface area (Å²) in [7, 11) is 0. The van der Waals surface area contributed by atoms with Gasteiger partial charge < -0.3 is 25.8 Å². The van der Waals surface area contributed by atoms with E-state index >= 15 is 0 Å². The molecule has 1 rings (SSSR count). The SMILES string of the molecule is CC(NC(N)=O)C(=O)N1CC(C)(OCC(=O)O)C1. The van der Waals surface area contributed by atoms with Crippen molar-refractivity contribution in [2.75, 3.05) is 19.7 Å². The standard InChI is InChI=1S/C10H17N3O5/c1-6(12-9(11)17)8(16)13-4-10(2,5-13)18-3-7(14)15/h6H,3-5H2,1-2H3,(H,14,15)(H3,11,12,17). The number of nitrogens with two attached hydrogens (primary N) is 1. The Labute approximate surface area is 104 Å². The molecular formula is C10H17N3O5. The van der Waals surface area contributed by atoms with Gasteiger partial charge in [0.1, 0.15) is 18.2 Å². The molecule has 1 unspecified atom stereocenters. The molecule has 0 aliphatic carbocycles. The smallest absolute Gasteiger partial charge is 0.329 e. The fourth-order valence-electron chi connectivity index (χ4n) is 1.79. The molecule has 1 aliphatic rings. The van der Waals surface area contributed by atoms with Crippen molar-refractivity contribution in [3.63, 3.8) is 0 Å². The lowest BCUT2D eigenvalue weighted by molar-refractivity contribution is -0.174. The molecule has 8 nitrogen and oxygen atoms in total. The van der Waals surface area contributed by atoms with Gasteiger partial charge in [-0.25, -0.2) is 9.59 Å². The van der Waals surface area contributed by atoms with Gasteiger partial charge in [-0.2, -0.15) is 0 Å². The van der Waals surface area contributed by atoms with Crippen molar-refractivity contribution in [3.8, 4) is 0 Å². The maximum absolute atomic E-state index is 11.8. The van der Waals surface area contributed by atoms with Crippen molar-refractivity contribution in [2.24, 2.45) is 5.73 Å². The average Bonchev–Trinajstić information content (AvgIpc) is 2.20. The van der Waals surface area contributed by atoms with E-state index in [0.29, 0.717) is 13.1 Å². The molecule has 1 heterocycles. The Balaban J connectivity index is 2.38. The Bertz CT molecular complexity index is 365. The first-order chi connectivity index (χ1) is 8.23. The summed E-state index contributed by atoms with van der Waals surface area (Å²) in [6.45, 7) is 3.45. The second-order valence-electron chi connectivity index (χ2n) is 4.56. The molecule has 0 aromatic heterocycles. The number of carboxylic acid groups (broad SMARTS) is 1. The zero-order valence-electron chi connectivity index (χ0n) is 10.3. The molecule has 4 N–H and O–H groups in total. The van der Waals surface area contributed by atoms with Crippen LogP contribution in [0.5, 0.6) is 0 Å². The third-order valence-corrected chi connectivity index (χ3v) is 2.64. The second-order valence-corrected chi connectivity index (χ2v) is 4.56. The van der Waals surface area contributed by atoms with Gasteiger partial charge in [-0.15, -0.1) is 0 Å². The zero-order valence-corrected chi connectivity index (χ0v) is 10.3. The van der Waals surface area contributed by atoms with Crippen LogP contribution < -0.4 is 11.1 Å². The zero-order chi connectivity index (χ0) is 13.9. The van der Waals surface area contributed by atoms with Crippen LogP contribution >= 0.6 is 0 Å². The Hall–Kier alpha value is -1.83. The monoisotopic (exact) mass is 259 g/mol. The van der Waals surface area contributed by atoms with Gasteiger partial charge in [0, 0.05) is 0 Å². The lowest BCUT2D eigenvalue weighted by Gasteiger charge is -2.47. The van der Waals surface area contributed by atoms with Gasteiger partial charge in [0.15, 0.2) is 0 Å². The lowest BCUT2D eigenvalue weighted by Crippen LogP contribution is -2.66. The van der Waals surface area contributed by atoms with E-state index in [4.69, 9.17) is 15.6 Å². The number of amides is 3. The van der Waals surface area contributed by atoms with Crippen molar-refractivity contribution in [1.82, 2.24) is 10.2 Å². The summed E-state index contributed by atoms with van der Waals surface area (Å²) < 4.78 is 5.16. The minimum atomic E-state index is -1.05. The van der Waals surface area contributed by atoms with Crippen LogP contribution in [0.25, 0.3) is 0 Å². The predicted molar refractivity (Wildman–Crippen MR) is 60.8 cm³/mol. The van der Waals surface area contributed by atoms with Gasteiger partial charge in [0.25, 0.3) is 0 Å². The first kappa shape index (κ1) is 14.2. The molecule has 1 saturated heterocycles. The number of carboxylic acids is 1. The van der Waals surface area contributed by atoms with Crippen LogP contribution in [0.4, 0.5) is 4.79 Å². The van der Waals surface area contributed by atoms with Crippen LogP contribution in [0, 0.1) is 0 Å². The highest BCUT2D eigenvalue weighted by Crippen LogP contribution is 2.25. The van der Waals surface area contributed by atoms with E-state index in [-0.39, 0.29) is 5.91 Å². The summed E-state index contributed by atoms with van der Waals surface area (Å²) in [5, 5.41) is 10.8. The van der Waals surface area contributed by atoms with E-state index in [2.05, 4.69) is 5.32 Å². The molecule has 1 atom stereocenters. The molecular weight excluding hydrogens is 242 g/mol. The minimum absolute atomic E-state index is 0.273. The number of aliphatic carboxylic acids is 1. The van der Waals surface area contributed by atoms with Gasteiger partial charge in [-0.3, -0.25) is 4.79 Å². The quantitative estimate of drug-likeness (QED) is 0.569. The summed E-state index contributed by atoms with van der Waals surface area (Å²) in [5.74, 6) is -1.32. The maximum Gasteiger partial charge on any atom is 0.329 e. The molecule has 0 radical (unpaired) electrons. The highest BCUT2D eigenvalue weighted by Gasteiger charge is 2.43. The molecule has 0 aromatic carbocycles. The number of ether oxygens (including phenoxy) is 1. The topological polar surface area (TPSA) is 122 Å². The molecule has 3 amide bonds. The molecule has 0 saturated carbocycles. The van der Waals surface area contributed by atoms with Crippen LogP contribution in [0.3, 0.4) is 0 Å². The van der Waals surface area contributed by atoms with E-state index in [0.717, 1.165) is 0 Å². The fraction of sp³-hybridized carbons (Fsp3) is 0.700. The van der Waals surface area contributed by atoms with Crippen LogP contribution in [-0.2, 0) is 14.3 Å². The van der Waals surface area contributed by atoms with E-state index in [1.807, 2.05) is 0 Å². The van der Waals surface area contributed by atoms with Gasteiger partial charge in [-0.1, -0.05) is 0 Å². The number of rotatable bonds is 5. The maximum atomic E-state index is 11.8. The minimum Gasteiger partial charge on any atom is -0.480 e. The predicted octanol–water partition coefficient (Wildman–Crippen LogP) is -1.25. The van der Waals surface area contributed by atoms with Crippen LogP contribution in [0.2, 0.25) is 0 Å². The van der Waals surface area contributed by atoms with E-state index in [1.165, 1.54) is 11.8 Å². The number of carbonyl (C=O) groups is 3. The highest BCUT2D eigenvalue weighted by molar-refractivity contribution is 5.86. The summed E-state index contributed by atoms with van der Waals surface area (Å²) in [5.41, 5.74) is 4.28. The normalized spacial score (nSPS) is 18.7. The summed E-state index contributed by atoms with van der Waals surface area (Å²) in [6.07, 6.45) is 0. The fourth-order valence-corrected chi connectivity index (χ4v) is 1.79. The van der Waals surface area contributed by atoms with Crippen LogP contribution in [-0.4, -0.2) is 59.3 Å². The van der Waals surface area contributed by atoms with Crippen molar-refractivity contribution >= 4 is 17.9 Å². The molecule has 18 heavy (non-hydrogen) atoms. The van der Waals surface area contributed by atoms with Crippen LogP contribution in [0.1, 0.15) is 13.8 Å². The second kappa shape index (κ2) is 5.21. The van der Waals surface area contributed by atoms with Crippen LogP contribution in [0.15, 0.2) is 0 Å². The van der Waals surface area contributed by atoms with Crippen molar-refractivity contribution < 1.29 is 24.2 Å². The van der Waals surface area contributed by atoms with E-state index < -0.39 is 30.3 Å². The van der Waals surface area contributed by atoms with Crippen molar-refractivity contribution in [3.05, 3.63) is 0 Å². The largest absolute Gasteiger partial charge is 0.480 e. The molecule has 1 fully saturated rings. The molecule has 8 heteroatoms. The molecule has 0 bridgehead atoms. The van der Waals surface area contributed by atoms with Gasteiger partial charge in [-0.05, 0) is 13.8 Å². The highest BCUT2D eigenvalue weighted by atomic mass is 16.5. The molecule has 102 valence electrons. The molecule has 0 spiro atoms. The van der Waals surface area contributed by atoms with Gasteiger partial charge in [0.05, 0.1) is 13.1 Å². The molecule has 0 aromatic rings. The number of primary amides is 1. The molecule has 1 aliphatic heterocycles. The van der Waals surface area contributed by atoms with Crippen molar-refractivity contribution in [2.45, 2.75) is 25.5 Å². The summed E-state index contributed by atoms with van der Waals surface area (Å²) >= 11 is 0. The summed E-state index contributed by atoms with van der Waals surface area (Å²) in [6, 6.07) is -1.47. The third kappa shape index (κ3) is 3.59. The van der Waals surface area contributed by atoms with Gasteiger partial charge >= 0.3 is 12.0 Å². The number of nitrogens with one attached hydrogen (secondary N) is 1. The average molecular weight is 259 g/mol. The lowest BCUT2D eigenvalue weighted by atomic mass is 9.95. The van der Waals surface area contributed by atoms with Gasteiger partial charge in [0.2, 0.25) is 5.91 Å². The third-order valence-electron chi connectivity index (χ3n) is 2.64. The summed E-state index contributed by atoms with van der Waals surface area (Å²) in [4.78, 5) is 34.2. The number of nitrogens with zero attached hydrogens (tertiary/aromatic N) is 1. The van der Waals surface area contributed by atoms with E-state index in [9.17, 15) is 14.4 Å². The number of hydrogen-bond donors (Lipinski definition) is 3. The first-order valence-electron chi connectivity index (χ1n) is 5.44. The Morgan fingerprint density at radius 1 is 1.50 bits per heavy atom.